The molecular weight excluding hydrogens is 669 g/mol. The molecule has 260 valence electrons. The van der Waals surface area contributed by atoms with Crippen LogP contribution in [0.3, 0.4) is 0 Å². The average molecular weight is 705 g/mol. The van der Waals surface area contributed by atoms with Crippen molar-refractivity contribution in [1.82, 2.24) is 0 Å². The maximum absolute atomic E-state index is 6.61. The summed E-state index contributed by atoms with van der Waals surface area (Å²) in [7, 11) is 0. The zero-order chi connectivity index (χ0) is 36.6. The van der Waals surface area contributed by atoms with Crippen molar-refractivity contribution in [3.63, 3.8) is 0 Å². The Bertz CT molecular complexity index is 3280. The fourth-order valence-corrected chi connectivity index (χ4v) is 9.15. The Morgan fingerprint density at radius 3 is 2.00 bits per heavy atom. The van der Waals surface area contributed by atoms with E-state index in [0.29, 0.717) is 0 Å². The first-order chi connectivity index (χ1) is 27.1. The van der Waals surface area contributed by atoms with Gasteiger partial charge < -0.3 is 8.83 Å². The predicted molar refractivity (Wildman–Crippen MR) is 235 cm³/mol. The first-order valence-corrected chi connectivity index (χ1v) is 19.1. The molecule has 0 aliphatic heterocycles. The molecule has 0 unspecified atom stereocenters. The zero-order valence-electron chi connectivity index (χ0n) is 30.5. The minimum Gasteiger partial charge on any atom is -0.461 e. The Hall–Kier alpha value is -6.90. The van der Waals surface area contributed by atoms with E-state index in [1.165, 1.54) is 65.7 Å². The SMILES string of the molecule is C=C/C=C\c1c(C)oc2cc3c(cc12)c(C1=CCCC(c2c4ccccc4c(-c4ccc5ccccc5c4)c4ccccc24)=C1)cc1c2ccccc2oc31. The number of fused-ring (bicyclic) bond motifs is 9. The lowest BCUT2D eigenvalue weighted by Gasteiger charge is -2.22. The minimum atomic E-state index is 0.853. The van der Waals surface area contributed by atoms with E-state index in [2.05, 4.69) is 152 Å². The molecule has 1 aliphatic rings. The molecule has 0 saturated heterocycles. The molecule has 2 heterocycles. The molecule has 11 rings (SSSR count). The Morgan fingerprint density at radius 2 is 1.24 bits per heavy atom. The monoisotopic (exact) mass is 704 g/mol. The molecule has 2 nitrogen and oxygen atoms in total. The number of furan rings is 2. The normalized spacial score (nSPS) is 13.6. The highest BCUT2D eigenvalue weighted by Gasteiger charge is 2.23. The number of para-hydroxylation sites is 1. The van der Waals surface area contributed by atoms with Crippen molar-refractivity contribution in [3.8, 4) is 11.1 Å². The smallest absolute Gasteiger partial charge is 0.143 e. The number of hydrogen-bond donors (Lipinski definition) is 0. The van der Waals surface area contributed by atoms with Crippen LogP contribution >= 0.6 is 0 Å². The predicted octanol–water partition coefficient (Wildman–Crippen LogP) is 15.4. The molecule has 0 spiro atoms. The number of benzene rings is 8. The van der Waals surface area contributed by atoms with Gasteiger partial charge in [0.1, 0.15) is 22.5 Å². The van der Waals surface area contributed by atoms with Gasteiger partial charge in [0.15, 0.2) is 0 Å². The molecule has 2 aromatic heterocycles. The van der Waals surface area contributed by atoms with Crippen LogP contribution in [0.1, 0.15) is 35.3 Å². The quantitative estimate of drug-likeness (QED) is 0.132. The maximum Gasteiger partial charge on any atom is 0.143 e. The highest BCUT2D eigenvalue weighted by molar-refractivity contribution is 6.22. The van der Waals surface area contributed by atoms with Gasteiger partial charge >= 0.3 is 0 Å². The van der Waals surface area contributed by atoms with Gasteiger partial charge in [-0.05, 0) is 121 Å². The van der Waals surface area contributed by atoms with Gasteiger partial charge in [-0.25, -0.2) is 0 Å². The molecule has 55 heavy (non-hydrogen) atoms. The minimum absolute atomic E-state index is 0.853. The van der Waals surface area contributed by atoms with E-state index < -0.39 is 0 Å². The van der Waals surface area contributed by atoms with Crippen LogP contribution in [-0.2, 0) is 0 Å². The van der Waals surface area contributed by atoms with Crippen LogP contribution in [0.5, 0.6) is 0 Å². The van der Waals surface area contributed by atoms with Gasteiger partial charge in [-0.15, -0.1) is 0 Å². The number of rotatable bonds is 5. The van der Waals surface area contributed by atoms with Crippen LogP contribution in [0.15, 0.2) is 173 Å². The molecule has 1 aliphatic carbocycles. The van der Waals surface area contributed by atoms with E-state index in [9.17, 15) is 0 Å². The lowest BCUT2D eigenvalue weighted by atomic mass is 9.82. The fraction of sp³-hybridized carbons (Fsp3) is 0.0566. The Morgan fingerprint density at radius 1 is 0.564 bits per heavy atom. The standard InChI is InChI=1S/C53H36O2/c1-3-4-18-38-32(2)54-50-31-48-45(30-46(38)50)44(29-47-39-19-11-12-24-49(39)55-53(47)48)35-16-13-17-36(28-35)51-40-20-7-9-22-42(40)52(43-23-10-8-21-41(43)51)37-26-25-33-14-5-6-15-34(33)27-37/h3-12,14-16,18-31H,1,13,17H2,2H3/b18-4-. The Kier molecular flexibility index (Phi) is 7.09. The topological polar surface area (TPSA) is 26.3 Å². The Labute approximate surface area is 318 Å². The zero-order valence-corrected chi connectivity index (χ0v) is 30.5. The third kappa shape index (κ3) is 4.88. The number of allylic oxidation sites excluding steroid dienone is 6. The van der Waals surface area contributed by atoms with E-state index >= 15 is 0 Å². The molecule has 0 bridgehead atoms. The second-order valence-corrected chi connectivity index (χ2v) is 14.7. The third-order valence-corrected chi connectivity index (χ3v) is 11.6. The van der Waals surface area contributed by atoms with E-state index in [1.54, 1.807) is 0 Å². The summed E-state index contributed by atoms with van der Waals surface area (Å²) in [6, 6.07) is 48.7. The molecule has 0 fully saturated rings. The first kappa shape index (κ1) is 31.6. The van der Waals surface area contributed by atoms with E-state index in [1.807, 2.05) is 25.1 Å². The van der Waals surface area contributed by atoms with Gasteiger partial charge in [-0.1, -0.05) is 140 Å². The van der Waals surface area contributed by atoms with E-state index in [-0.39, 0.29) is 0 Å². The maximum atomic E-state index is 6.61. The highest BCUT2D eigenvalue weighted by Crippen LogP contribution is 2.47. The van der Waals surface area contributed by atoms with Crippen molar-refractivity contribution in [3.05, 3.63) is 187 Å². The summed E-state index contributed by atoms with van der Waals surface area (Å²) in [5.74, 6) is 0.885. The summed E-state index contributed by atoms with van der Waals surface area (Å²) >= 11 is 0. The summed E-state index contributed by atoms with van der Waals surface area (Å²) in [4.78, 5) is 0. The molecule has 0 N–H and O–H groups in total. The van der Waals surface area contributed by atoms with E-state index in [4.69, 9.17) is 8.83 Å². The van der Waals surface area contributed by atoms with Crippen molar-refractivity contribution in [2.45, 2.75) is 19.8 Å². The van der Waals surface area contributed by atoms with Crippen molar-refractivity contribution in [2.75, 3.05) is 0 Å². The third-order valence-electron chi connectivity index (χ3n) is 11.6. The molecule has 0 amide bonds. The van der Waals surface area contributed by atoms with Crippen LogP contribution in [0, 0.1) is 6.92 Å². The number of hydrogen-bond acceptors (Lipinski definition) is 2. The van der Waals surface area contributed by atoms with Gasteiger partial charge in [-0.2, -0.15) is 0 Å². The van der Waals surface area contributed by atoms with Gasteiger partial charge in [0.2, 0.25) is 0 Å². The summed E-state index contributed by atoms with van der Waals surface area (Å²) in [5.41, 5.74) is 11.3. The molecule has 0 atom stereocenters. The molecule has 0 saturated carbocycles. The largest absolute Gasteiger partial charge is 0.461 e. The van der Waals surface area contributed by atoms with Crippen molar-refractivity contribution in [1.29, 1.82) is 0 Å². The molecular formula is C53H36O2. The van der Waals surface area contributed by atoms with Gasteiger partial charge in [0.05, 0.1) is 0 Å². The molecule has 2 heteroatoms. The Balaban J connectivity index is 1.17. The molecule has 0 radical (unpaired) electrons. The second-order valence-electron chi connectivity index (χ2n) is 14.7. The van der Waals surface area contributed by atoms with Crippen molar-refractivity contribution in [2.24, 2.45) is 0 Å². The van der Waals surface area contributed by atoms with Gasteiger partial charge in [0.25, 0.3) is 0 Å². The summed E-state index contributed by atoms with van der Waals surface area (Å²) in [6.07, 6.45) is 12.7. The summed E-state index contributed by atoms with van der Waals surface area (Å²) < 4.78 is 13.0. The fourth-order valence-electron chi connectivity index (χ4n) is 9.15. The molecule has 10 aromatic rings. The second kappa shape index (κ2) is 12.3. The lowest BCUT2D eigenvalue weighted by molar-refractivity contribution is 0.578. The summed E-state index contributed by atoms with van der Waals surface area (Å²) in [5, 5.41) is 13.2. The summed E-state index contributed by atoms with van der Waals surface area (Å²) in [6.45, 7) is 5.94. The van der Waals surface area contributed by atoms with Crippen molar-refractivity contribution < 1.29 is 8.83 Å². The van der Waals surface area contributed by atoms with Crippen LogP contribution in [0.2, 0.25) is 0 Å². The van der Waals surface area contributed by atoms with E-state index in [0.717, 1.165) is 67.8 Å². The average Bonchev–Trinajstić information content (AvgIpc) is 3.76. The van der Waals surface area contributed by atoms with Crippen LogP contribution in [-0.4, -0.2) is 0 Å². The van der Waals surface area contributed by atoms with Gasteiger partial charge in [0, 0.05) is 27.1 Å². The highest BCUT2D eigenvalue weighted by atomic mass is 16.3. The van der Waals surface area contributed by atoms with Crippen molar-refractivity contribution >= 4 is 93.2 Å². The molecule has 8 aromatic carbocycles. The first-order valence-electron chi connectivity index (χ1n) is 19.1. The van der Waals surface area contributed by atoms with Gasteiger partial charge in [-0.3, -0.25) is 0 Å². The van der Waals surface area contributed by atoms with Crippen LogP contribution in [0.25, 0.3) is 104 Å². The number of aryl methyl sites for hydroxylation is 1. The van der Waals surface area contributed by atoms with Crippen LogP contribution in [0.4, 0.5) is 0 Å². The van der Waals surface area contributed by atoms with Crippen LogP contribution < -0.4 is 0 Å². The lowest BCUT2D eigenvalue weighted by Crippen LogP contribution is -1.98.